The van der Waals surface area contributed by atoms with Gasteiger partial charge in [0.15, 0.2) is 0 Å². The largest absolute Gasteiger partial charge is 0.309 e. The minimum Gasteiger partial charge on any atom is -0.309 e. The van der Waals surface area contributed by atoms with Crippen molar-refractivity contribution in [1.82, 2.24) is 9.80 Å². The van der Waals surface area contributed by atoms with Gasteiger partial charge in [-0.2, -0.15) is 0 Å². The molecule has 2 aliphatic carbocycles. The van der Waals surface area contributed by atoms with Crippen LogP contribution in [0, 0.1) is 23.7 Å². The van der Waals surface area contributed by atoms with E-state index in [9.17, 15) is 0 Å². The maximum Gasteiger partial charge on any atom is 0.00188 e. The maximum atomic E-state index is 2.71. The number of fused-ring (bicyclic) bond motifs is 5. The van der Waals surface area contributed by atoms with Gasteiger partial charge in [-0.3, -0.25) is 0 Å². The second kappa shape index (κ2) is 5.29. The molecule has 3 heteroatoms. The van der Waals surface area contributed by atoms with Crippen molar-refractivity contribution in [2.45, 2.75) is 12.8 Å². The predicted molar refractivity (Wildman–Crippen MR) is 74.6 cm³/mol. The molecule has 0 unspecified atom stereocenters. The number of halogens is 1. The average molecular weight is 257 g/mol. The fraction of sp³-hybridized carbons (Fsp3) is 0.857. The van der Waals surface area contributed by atoms with Crippen LogP contribution in [-0.4, -0.2) is 50.1 Å². The van der Waals surface area contributed by atoms with Crippen LogP contribution in [-0.2, 0) is 0 Å². The van der Waals surface area contributed by atoms with Crippen molar-refractivity contribution in [2.75, 3.05) is 40.3 Å². The van der Waals surface area contributed by atoms with Gasteiger partial charge in [-0.25, -0.2) is 0 Å². The molecule has 1 saturated heterocycles. The van der Waals surface area contributed by atoms with Crippen LogP contribution in [0.2, 0.25) is 0 Å². The van der Waals surface area contributed by atoms with Gasteiger partial charge in [0.25, 0.3) is 0 Å². The van der Waals surface area contributed by atoms with Crippen LogP contribution < -0.4 is 0 Å². The Morgan fingerprint density at radius 3 is 2.24 bits per heavy atom. The Bertz CT molecular complexity index is 270. The minimum atomic E-state index is 0. The SMILES string of the molecule is CN(C)CCCN1C[C@@H]2[C@H](C1)[C@@H]1C=C[C@H]2C1.Cl. The summed E-state index contributed by atoms with van der Waals surface area (Å²) in [7, 11) is 4.34. The Balaban J connectivity index is 0.00000108. The lowest BCUT2D eigenvalue weighted by Gasteiger charge is -2.19. The first-order valence-electron chi connectivity index (χ1n) is 6.79. The summed E-state index contributed by atoms with van der Waals surface area (Å²) < 4.78 is 0. The van der Waals surface area contributed by atoms with Crippen molar-refractivity contribution >= 4 is 12.4 Å². The van der Waals surface area contributed by atoms with Gasteiger partial charge in [0.1, 0.15) is 0 Å². The Hall–Kier alpha value is -0.0500. The smallest absolute Gasteiger partial charge is 0.00188 e. The number of likely N-dealkylation sites (tertiary alicyclic amines) is 1. The molecule has 0 radical (unpaired) electrons. The first-order valence-corrected chi connectivity index (χ1v) is 6.79. The number of hydrogen-bond donors (Lipinski definition) is 0. The minimum absolute atomic E-state index is 0. The first kappa shape index (κ1) is 13.4. The lowest BCUT2D eigenvalue weighted by Crippen LogP contribution is -2.27. The van der Waals surface area contributed by atoms with Gasteiger partial charge in [0.05, 0.1) is 0 Å². The molecule has 2 fully saturated rings. The third-order valence-electron chi connectivity index (χ3n) is 4.82. The lowest BCUT2D eigenvalue weighted by molar-refractivity contribution is 0.276. The number of rotatable bonds is 4. The molecule has 2 nitrogen and oxygen atoms in total. The highest BCUT2D eigenvalue weighted by molar-refractivity contribution is 5.85. The molecule has 17 heavy (non-hydrogen) atoms. The Labute approximate surface area is 111 Å². The van der Waals surface area contributed by atoms with Crippen molar-refractivity contribution < 1.29 is 0 Å². The molecule has 0 amide bonds. The van der Waals surface area contributed by atoms with Crippen LogP contribution in [0.5, 0.6) is 0 Å². The molecule has 0 spiro atoms. The summed E-state index contributed by atoms with van der Waals surface area (Å²) in [6, 6.07) is 0. The second-order valence-corrected chi connectivity index (χ2v) is 6.19. The Morgan fingerprint density at radius 1 is 1.12 bits per heavy atom. The number of hydrogen-bond acceptors (Lipinski definition) is 2. The van der Waals surface area contributed by atoms with E-state index in [1.165, 1.54) is 39.0 Å². The zero-order chi connectivity index (χ0) is 11.1. The highest BCUT2D eigenvalue weighted by Gasteiger charge is 2.48. The molecule has 3 rings (SSSR count). The predicted octanol–water partition coefficient (Wildman–Crippen LogP) is 2.11. The molecule has 3 aliphatic rings. The molecular weight excluding hydrogens is 232 g/mol. The summed E-state index contributed by atoms with van der Waals surface area (Å²) >= 11 is 0. The van der Waals surface area contributed by atoms with Gasteiger partial charge >= 0.3 is 0 Å². The van der Waals surface area contributed by atoms with E-state index in [-0.39, 0.29) is 12.4 Å². The first-order chi connectivity index (χ1) is 7.74. The Kier molecular flexibility index (Phi) is 4.17. The van der Waals surface area contributed by atoms with Gasteiger partial charge in [0, 0.05) is 13.1 Å². The van der Waals surface area contributed by atoms with E-state index in [2.05, 4.69) is 36.0 Å². The molecule has 2 bridgehead atoms. The summed E-state index contributed by atoms with van der Waals surface area (Å²) in [5.41, 5.74) is 0. The third-order valence-corrected chi connectivity index (χ3v) is 4.82. The summed E-state index contributed by atoms with van der Waals surface area (Å²) in [5, 5.41) is 0. The number of allylic oxidation sites excluding steroid dienone is 2. The Morgan fingerprint density at radius 2 is 1.71 bits per heavy atom. The van der Waals surface area contributed by atoms with Crippen molar-refractivity contribution in [2.24, 2.45) is 23.7 Å². The lowest BCUT2D eigenvalue weighted by atomic mass is 9.86. The topological polar surface area (TPSA) is 6.48 Å². The normalized spacial score (nSPS) is 38.8. The summed E-state index contributed by atoms with van der Waals surface area (Å²) in [5.74, 6) is 3.89. The monoisotopic (exact) mass is 256 g/mol. The molecule has 0 N–H and O–H groups in total. The highest BCUT2D eigenvalue weighted by atomic mass is 35.5. The van der Waals surface area contributed by atoms with E-state index >= 15 is 0 Å². The molecule has 98 valence electrons. The van der Waals surface area contributed by atoms with E-state index < -0.39 is 0 Å². The molecule has 0 aromatic heterocycles. The van der Waals surface area contributed by atoms with Gasteiger partial charge in [-0.15, -0.1) is 12.4 Å². The fourth-order valence-electron chi connectivity index (χ4n) is 4.03. The summed E-state index contributed by atoms with van der Waals surface area (Å²) in [6.45, 7) is 5.30. The standard InChI is InChI=1S/C14H24N2.ClH/c1-15(2)6-3-7-16-9-13-11-4-5-12(8-11)14(13)10-16;/h4-5,11-14H,3,6-10H2,1-2H3;1H/t11-,12+,13-,14+;. The van der Waals surface area contributed by atoms with Crippen molar-refractivity contribution in [1.29, 1.82) is 0 Å². The molecule has 1 heterocycles. The summed E-state index contributed by atoms with van der Waals surface area (Å²) in [4.78, 5) is 5.01. The molecule has 4 atom stereocenters. The van der Waals surface area contributed by atoms with Gasteiger partial charge < -0.3 is 9.80 Å². The van der Waals surface area contributed by atoms with Crippen molar-refractivity contribution in [3.05, 3.63) is 12.2 Å². The van der Waals surface area contributed by atoms with E-state index in [1.807, 2.05) is 0 Å². The van der Waals surface area contributed by atoms with E-state index in [1.54, 1.807) is 0 Å². The van der Waals surface area contributed by atoms with Crippen LogP contribution in [0.15, 0.2) is 12.2 Å². The zero-order valence-corrected chi connectivity index (χ0v) is 11.8. The van der Waals surface area contributed by atoms with Gasteiger partial charge in [0.2, 0.25) is 0 Å². The van der Waals surface area contributed by atoms with E-state index in [4.69, 9.17) is 0 Å². The van der Waals surface area contributed by atoms with Crippen LogP contribution in [0.3, 0.4) is 0 Å². The highest BCUT2D eigenvalue weighted by Crippen LogP contribution is 2.51. The van der Waals surface area contributed by atoms with Crippen LogP contribution in [0.25, 0.3) is 0 Å². The second-order valence-electron chi connectivity index (χ2n) is 6.19. The van der Waals surface area contributed by atoms with Gasteiger partial charge in [-0.1, -0.05) is 12.2 Å². The van der Waals surface area contributed by atoms with E-state index in [0.717, 1.165) is 23.7 Å². The third kappa shape index (κ3) is 2.54. The summed E-state index contributed by atoms with van der Waals surface area (Å²) in [6.07, 6.45) is 7.79. The number of nitrogens with zero attached hydrogens (tertiary/aromatic N) is 2. The average Bonchev–Trinajstić information content (AvgIpc) is 2.87. The van der Waals surface area contributed by atoms with Gasteiger partial charge in [-0.05, 0) is 63.7 Å². The fourth-order valence-corrected chi connectivity index (χ4v) is 4.03. The van der Waals surface area contributed by atoms with Crippen LogP contribution in [0.4, 0.5) is 0 Å². The molecule has 0 aromatic rings. The maximum absolute atomic E-state index is 2.71. The van der Waals surface area contributed by atoms with Crippen LogP contribution in [0.1, 0.15) is 12.8 Å². The van der Waals surface area contributed by atoms with E-state index in [0.29, 0.717) is 0 Å². The molecular formula is C14H25ClN2. The quantitative estimate of drug-likeness (QED) is 0.711. The van der Waals surface area contributed by atoms with Crippen LogP contribution >= 0.6 is 12.4 Å². The van der Waals surface area contributed by atoms with Crippen molar-refractivity contribution in [3.63, 3.8) is 0 Å². The zero-order valence-electron chi connectivity index (χ0n) is 11.0. The van der Waals surface area contributed by atoms with Crippen molar-refractivity contribution in [3.8, 4) is 0 Å². The molecule has 0 aromatic carbocycles. The molecule has 1 saturated carbocycles. The molecule has 1 aliphatic heterocycles.